The van der Waals surface area contributed by atoms with Gasteiger partial charge in [0, 0.05) is 25.2 Å². The summed E-state index contributed by atoms with van der Waals surface area (Å²) in [5.41, 5.74) is 6.65. The molecule has 0 fully saturated rings. The fraction of sp³-hybridized carbons (Fsp3) is 0.240. The summed E-state index contributed by atoms with van der Waals surface area (Å²) in [5, 5.41) is 3.60. The molecule has 4 aromatic rings. The Balaban J connectivity index is 1.57. The fourth-order valence-electron chi connectivity index (χ4n) is 3.69. The lowest BCUT2D eigenvalue weighted by molar-refractivity contribution is 0.413. The van der Waals surface area contributed by atoms with E-state index >= 15 is 0 Å². The molecule has 0 aliphatic carbocycles. The lowest BCUT2D eigenvalue weighted by Crippen LogP contribution is -2.18. The molecule has 30 heavy (non-hydrogen) atoms. The van der Waals surface area contributed by atoms with Crippen molar-refractivity contribution < 1.29 is 9.47 Å². The van der Waals surface area contributed by atoms with Gasteiger partial charge in [0.05, 0.1) is 31.6 Å². The van der Waals surface area contributed by atoms with E-state index in [1.807, 2.05) is 36.1 Å². The molecular weight excluding hydrogens is 374 g/mol. The summed E-state index contributed by atoms with van der Waals surface area (Å²) >= 11 is 0. The van der Waals surface area contributed by atoms with Crippen molar-refractivity contribution in [2.45, 2.75) is 19.5 Å². The number of imidazole rings is 1. The zero-order valence-electron chi connectivity index (χ0n) is 17.8. The Labute approximate surface area is 177 Å². The van der Waals surface area contributed by atoms with Crippen LogP contribution >= 0.6 is 0 Å². The summed E-state index contributed by atoms with van der Waals surface area (Å²) in [6, 6.07) is 21.0. The van der Waals surface area contributed by atoms with E-state index in [9.17, 15) is 0 Å². The van der Waals surface area contributed by atoms with Gasteiger partial charge in [0.25, 0.3) is 0 Å². The third-order valence-electron chi connectivity index (χ3n) is 5.51. The van der Waals surface area contributed by atoms with Gasteiger partial charge in [-0.2, -0.15) is 0 Å². The van der Waals surface area contributed by atoms with Crippen LogP contribution in [0.2, 0.25) is 0 Å². The molecule has 5 nitrogen and oxygen atoms in total. The lowest BCUT2D eigenvalue weighted by atomic mass is 10.0. The predicted molar refractivity (Wildman–Crippen MR) is 121 cm³/mol. The number of fused-ring (bicyclic) bond motifs is 1. The van der Waals surface area contributed by atoms with Gasteiger partial charge < -0.3 is 19.4 Å². The summed E-state index contributed by atoms with van der Waals surface area (Å²) in [5.74, 6) is 1.73. The Morgan fingerprint density at radius 1 is 1.00 bits per heavy atom. The molecule has 0 bridgehead atoms. The summed E-state index contributed by atoms with van der Waals surface area (Å²) in [7, 11) is 5.41. The van der Waals surface area contributed by atoms with E-state index in [0.29, 0.717) is 0 Å². The van der Waals surface area contributed by atoms with E-state index in [1.54, 1.807) is 14.2 Å². The number of aromatic nitrogens is 2. The largest absolute Gasteiger partial charge is 0.497 e. The van der Waals surface area contributed by atoms with Crippen molar-refractivity contribution in [1.82, 2.24) is 14.9 Å². The molecule has 1 unspecified atom stereocenters. The maximum Gasteiger partial charge on any atom is 0.126 e. The molecule has 1 aromatic heterocycles. The number of rotatable bonds is 7. The van der Waals surface area contributed by atoms with Crippen LogP contribution in [-0.4, -0.2) is 23.8 Å². The summed E-state index contributed by atoms with van der Waals surface area (Å²) in [4.78, 5) is 4.49. The van der Waals surface area contributed by atoms with Gasteiger partial charge in [-0.05, 0) is 60.0 Å². The summed E-state index contributed by atoms with van der Waals surface area (Å²) in [6.07, 6.45) is 1.84. The Kier molecular flexibility index (Phi) is 5.72. The monoisotopic (exact) mass is 401 g/mol. The minimum absolute atomic E-state index is 0.204. The Bertz CT molecular complexity index is 1170. The molecule has 1 N–H and O–H groups in total. The molecule has 5 heteroatoms. The molecule has 0 saturated heterocycles. The topological polar surface area (TPSA) is 48.3 Å². The van der Waals surface area contributed by atoms with E-state index in [4.69, 9.17) is 9.47 Å². The molecule has 4 rings (SSSR count). The van der Waals surface area contributed by atoms with E-state index in [-0.39, 0.29) is 6.04 Å². The second kappa shape index (κ2) is 8.59. The van der Waals surface area contributed by atoms with Gasteiger partial charge in [-0.1, -0.05) is 24.3 Å². The van der Waals surface area contributed by atoms with Crippen LogP contribution in [-0.2, 0) is 13.6 Å². The molecule has 0 aliphatic heterocycles. The third-order valence-corrected chi connectivity index (χ3v) is 5.51. The van der Waals surface area contributed by atoms with Crippen LogP contribution in [0.15, 0.2) is 67.0 Å². The minimum Gasteiger partial charge on any atom is -0.497 e. The lowest BCUT2D eigenvalue weighted by Gasteiger charge is -2.16. The number of aryl methyl sites for hydroxylation is 1. The summed E-state index contributed by atoms with van der Waals surface area (Å²) in [6.45, 7) is 2.91. The van der Waals surface area contributed by atoms with E-state index in [2.05, 4.69) is 59.7 Å². The molecule has 0 spiro atoms. The number of ether oxygens (including phenoxy) is 2. The number of benzene rings is 3. The molecule has 1 atom stereocenters. The number of methoxy groups -OCH3 is 2. The zero-order chi connectivity index (χ0) is 21.1. The van der Waals surface area contributed by atoms with Crippen LogP contribution < -0.4 is 14.8 Å². The third kappa shape index (κ3) is 4.02. The molecule has 0 saturated carbocycles. The standard InChI is InChI=1S/C25H27N3O2/c1-17(19-6-5-7-21(13-19)29-3)26-15-18-8-11-25(30-4)22(12-18)20-9-10-24-23(14-20)27-16-28(24)2/h5-14,16-17,26H,15H2,1-4H3. The molecular formula is C25H27N3O2. The maximum absolute atomic E-state index is 5.63. The van der Waals surface area contributed by atoms with E-state index in [1.165, 1.54) is 11.1 Å². The van der Waals surface area contributed by atoms with Crippen molar-refractivity contribution in [1.29, 1.82) is 0 Å². The molecule has 0 amide bonds. The van der Waals surface area contributed by atoms with E-state index < -0.39 is 0 Å². The van der Waals surface area contributed by atoms with Gasteiger partial charge in [-0.25, -0.2) is 4.98 Å². The quantitative estimate of drug-likeness (QED) is 0.468. The normalized spacial score (nSPS) is 12.1. The number of hydrogen-bond acceptors (Lipinski definition) is 4. The first-order chi connectivity index (χ1) is 14.6. The van der Waals surface area contributed by atoms with Crippen LogP contribution in [0.5, 0.6) is 11.5 Å². The minimum atomic E-state index is 0.204. The van der Waals surface area contributed by atoms with Gasteiger partial charge in [-0.3, -0.25) is 0 Å². The molecule has 154 valence electrons. The molecule has 0 aliphatic rings. The van der Waals surface area contributed by atoms with Crippen LogP contribution in [0.3, 0.4) is 0 Å². The second-order valence-corrected chi connectivity index (χ2v) is 7.47. The van der Waals surface area contributed by atoms with Crippen molar-refractivity contribution in [3.63, 3.8) is 0 Å². The van der Waals surface area contributed by atoms with Gasteiger partial charge in [0.2, 0.25) is 0 Å². The van der Waals surface area contributed by atoms with Crippen LogP contribution in [0.25, 0.3) is 22.2 Å². The van der Waals surface area contributed by atoms with E-state index in [0.717, 1.165) is 40.2 Å². The highest BCUT2D eigenvalue weighted by molar-refractivity contribution is 5.84. The highest BCUT2D eigenvalue weighted by Gasteiger charge is 2.11. The van der Waals surface area contributed by atoms with Crippen LogP contribution in [0, 0.1) is 0 Å². The highest BCUT2D eigenvalue weighted by atomic mass is 16.5. The van der Waals surface area contributed by atoms with Crippen molar-refractivity contribution in [3.05, 3.63) is 78.1 Å². The summed E-state index contributed by atoms with van der Waals surface area (Å²) < 4.78 is 13.0. The Hall–Kier alpha value is -3.31. The SMILES string of the molecule is COc1cccc(C(C)NCc2ccc(OC)c(-c3ccc4c(c3)ncn4C)c2)c1. The fourth-order valence-corrected chi connectivity index (χ4v) is 3.69. The second-order valence-electron chi connectivity index (χ2n) is 7.47. The van der Waals surface area contributed by atoms with Crippen LogP contribution in [0.4, 0.5) is 0 Å². The first-order valence-electron chi connectivity index (χ1n) is 10.0. The average molecular weight is 402 g/mol. The smallest absolute Gasteiger partial charge is 0.126 e. The average Bonchev–Trinajstić information content (AvgIpc) is 3.17. The van der Waals surface area contributed by atoms with Crippen molar-refractivity contribution in [2.24, 2.45) is 7.05 Å². The highest BCUT2D eigenvalue weighted by Crippen LogP contribution is 2.33. The molecule has 0 radical (unpaired) electrons. The Morgan fingerprint density at radius 3 is 2.67 bits per heavy atom. The number of nitrogens with one attached hydrogen (secondary N) is 1. The van der Waals surface area contributed by atoms with Crippen molar-refractivity contribution in [2.75, 3.05) is 14.2 Å². The van der Waals surface area contributed by atoms with Gasteiger partial charge in [0.1, 0.15) is 11.5 Å². The van der Waals surface area contributed by atoms with Gasteiger partial charge >= 0.3 is 0 Å². The molecule has 3 aromatic carbocycles. The van der Waals surface area contributed by atoms with Gasteiger partial charge in [-0.15, -0.1) is 0 Å². The van der Waals surface area contributed by atoms with Gasteiger partial charge in [0.15, 0.2) is 0 Å². The Morgan fingerprint density at radius 2 is 1.87 bits per heavy atom. The number of nitrogens with zero attached hydrogens (tertiary/aromatic N) is 2. The molecule has 1 heterocycles. The van der Waals surface area contributed by atoms with Crippen molar-refractivity contribution >= 4 is 11.0 Å². The first kappa shape index (κ1) is 20.0. The first-order valence-corrected chi connectivity index (χ1v) is 10.0. The maximum atomic E-state index is 5.63. The predicted octanol–water partition coefficient (Wildman–Crippen LogP) is 5.11. The van der Waals surface area contributed by atoms with Crippen LogP contribution in [0.1, 0.15) is 24.1 Å². The zero-order valence-corrected chi connectivity index (χ0v) is 17.8. The van der Waals surface area contributed by atoms with Crippen molar-refractivity contribution in [3.8, 4) is 22.6 Å². The number of hydrogen-bond donors (Lipinski definition) is 1.